The fourth-order valence-electron chi connectivity index (χ4n) is 1.43. The first-order chi connectivity index (χ1) is 9.29. The molecule has 0 fully saturated rings. The average Bonchev–Trinajstić information content (AvgIpc) is 2.71. The van der Waals surface area contributed by atoms with Crippen molar-refractivity contribution in [3.8, 4) is 0 Å². The molecule has 0 unspecified atom stereocenters. The molecule has 1 aromatic carbocycles. The normalized spacial score (nSPS) is 11.8. The van der Waals surface area contributed by atoms with Crippen LogP contribution < -0.4 is 4.72 Å². The molecule has 10 heteroatoms. The van der Waals surface area contributed by atoms with E-state index in [-0.39, 0.29) is 27.4 Å². The fourth-order valence-corrected chi connectivity index (χ4v) is 4.33. The smallest absolute Gasteiger partial charge is 0.244 e. The number of nitrogens with one attached hydrogen (secondary N) is 1. The average molecular weight is 401 g/mol. The summed E-state index contributed by atoms with van der Waals surface area (Å²) in [6.07, 6.45) is 0. The summed E-state index contributed by atoms with van der Waals surface area (Å²) < 4.78 is 32.1. The van der Waals surface area contributed by atoms with Crippen LogP contribution in [0, 0.1) is 6.92 Å². The number of aromatic nitrogens is 2. The van der Waals surface area contributed by atoms with Crippen LogP contribution in [0.2, 0.25) is 10.0 Å². The molecule has 1 aromatic heterocycles. The lowest BCUT2D eigenvalue weighted by atomic mass is 10.4. The Morgan fingerprint density at radius 1 is 1.35 bits per heavy atom. The summed E-state index contributed by atoms with van der Waals surface area (Å²) >= 11 is 15.0. The summed E-state index contributed by atoms with van der Waals surface area (Å²) in [6.45, 7) is 1.48. The van der Waals surface area contributed by atoms with Gasteiger partial charge in [-0.05, 0) is 19.1 Å². The lowest BCUT2D eigenvalue weighted by Crippen LogP contribution is -2.24. The minimum atomic E-state index is -3.89. The molecule has 0 radical (unpaired) electrons. The van der Waals surface area contributed by atoms with Gasteiger partial charge in [0.15, 0.2) is 5.82 Å². The molecular weight excluding hydrogens is 393 g/mol. The Morgan fingerprint density at radius 3 is 2.45 bits per heavy atom. The van der Waals surface area contributed by atoms with E-state index in [1.807, 2.05) is 0 Å². The van der Waals surface area contributed by atoms with Crippen molar-refractivity contribution in [3.63, 3.8) is 0 Å². The third-order valence-electron chi connectivity index (χ3n) is 2.21. The highest BCUT2D eigenvalue weighted by atomic mass is 79.9. The molecule has 0 atom stereocenters. The molecule has 0 aliphatic rings. The van der Waals surface area contributed by atoms with E-state index in [2.05, 4.69) is 30.8 Å². The van der Waals surface area contributed by atoms with Crippen molar-refractivity contribution in [3.05, 3.63) is 38.4 Å². The van der Waals surface area contributed by atoms with E-state index in [1.165, 1.54) is 12.1 Å². The molecule has 0 bridgehead atoms. The van der Waals surface area contributed by atoms with Crippen LogP contribution in [0.3, 0.4) is 0 Å². The zero-order valence-electron chi connectivity index (χ0n) is 10.0. The van der Waals surface area contributed by atoms with Gasteiger partial charge in [0, 0.05) is 4.47 Å². The number of halogens is 3. The van der Waals surface area contributed by atoms with E-state index in [0.29, 0.717) is 10.3 Å². The second-order valence-electron chi connectivity index (χ2n) is 3.76. The molecule has 0 saturated heterocycles. The van der Waals surface area contributed by atoms with E-state index < -0.39 is 10.0 Å². The predicted octanol–water partition coefficient (Wildman–Crippen LogP) is 2.93. The number of aryl methyl sites for hydroxylation is 1. The third kappa shape index (κ3) is 3.50. The Bertz CT molecular complexity index is 725. The SMILES string of the molecule is Cc1noc(CNS(=O)(=O)c2c(Cl)cc(Br)cc2Cl)n1. The van der Waals surface area contributed by atoms with E-state index in [9.17, 15) is 8.42 Å². The van der Waals surface area contributed by atoms with Crippen LogP contribution in [-0.4, -0.2) is 18.6 Å². The molecular formula is C10H8BrCl2N3O3S. The van der Waals surface area contributed by atoms with E-state index in [0.717, 1.165) is 0 Å². The molecule has 2 aromatic rings. The maximum Gasteiger partial charge on any atom is 0.244 e. The predicted molar refractivity (Wildman–Crippen MR) is 77.2 cm³/mol. The number of sulfonamides is 1. The van der Waals surface area contributed by atoms with Crippen LogP contribution in [0.25, 0.3) is 0 Å². The molecule has 1 heterocycles. The lowest BCUT2D eigenvalue weighted by Gasteiger charge is -2.09. The van der Waals surface area contributed by atoms with Gasteiger partial charge in [-0.3, -0.25) is 0 Å². The lowest BCUT2D eigenvalue weighted by molar-refractivity contribution is 0.372. The van der Waals surface area contributed by atoms with Gasteiger partial charge < -0.3 is 4.52 Å². The number of hydrogen-bond donors (Lipinski definition) is 1. The topological polar surface area (TPSA) is 85.1 Å². The second-order valence-corrected chi connectivity index (χ2v) is 7.19. The Labute approximate surface area is 133 Å². The summed E-state index contributed by atoms with van der Waals surface area (Å²) in [5, 5.41) is 3.58. The highest BCUT2D eigenvalue weighted by molar-refractivity contribution is 9.10. The van der Waals surface area contributed by atoms with E-state index in [1.54, 1.807) is 6.92 Å². The molecule has 0 aliphatic carbocycles. The molecule has 0 aliphatic heterocycles. The van der Waals surface area contributed by atoms with Crippen LogP contribution in [0.4, 0.5) is 0 Å². The molecule has 108 valence electrons. The quantitative estimate of drug-likeness (QED) is 0.852. The monoisotopic (exact) mass is 399 g/mol. The van der Waals surface area contributed by atoms with Crippen molar-refractivity contribution in [1.82, 2.24) is 14.9 Å². The summed E-state index contributed by atoms with van der Waals surface area (Å²) in [5.74, 6) is 0.564. The van der Waals surface area contributed by atoms with Gasteiger partial charge in [-0.1, -0.05) is 44.3 Å². The number of nitrogens with zero attached hydrogens (tertiary/aromatic N) is 2. The fraction of sp³-hybridized carbons (Fsp3) is 0.200. The summed E-state index contributed by atoms with van der Waals surface area (Å²) in [4.78, 5) is 3.69. The van der Waals surface area contributed by atoms with Crippen LogP contribution in [0.5, 0.6) is 0 Å². The van der Waals surface area contributed by atoms with Crippen molar-refractivity contribution in [2.75, 3.05) is 0 Å². The molecule has 0 saturated carbocycles. The van der Waals surface area contributed by atoms with Crippen LogP contribution >= 0.6 is 39.1 Å². The summed E-state index contributed by atoms with van der Waals surface area (Å²) in [5.41, 5.74) is 0. The Balaban J connectivity index is 2.27. The first-order valence-corrected chi connectivity index (χ1v) is 8.26. The Kier molecular flexibility index (Phi) is 4.70. The van der Waals surface area contributed by atoms with Gasteiger partial charge in [0.1, 0.15) is 4.90 Å². The zero-order chi connectivity index (χ0) is 14.9. The number of rotatable bonds is 4. The second kappa shape index (κ2) is 5.98. The van der Waals surface area contributed by atoms with Crippen molar-refractivity contribution in [1.29, 1.82) is 0 Å². The molecule has 1 N–H and O–H groups in total. The highest BCUT2D eigenvalue weighted by Crippen LogP contribution is 2.32. The van der Waals surface area contributed by atoms with Crippen LogP contribution in [0.15, 0.2) is 26.0 Å². The van der Waals surface area contributed by atoms with E-state index >= 15 is 0 Å². The standard InChI is InChI=1S/C10H8BrCl2N3O3S/c1-5-15-9(19-16-5)4-14-20(17,18)10-7(12)2-6(11)3-8(10)13/h2-3,14H,4H2,1H3. The molecule has 20 heavy (non-hydrogen) atoms. The number of hydrogen-bond acceptors (Lipinski definition) is 5. The zero-order valence-corrected chi connectivity index (χ0v) is 13.9. The highest BCUT2D eigenvalue weighted by Gasteiger charge is 2.23. The Morgan fingerprint density at radius 2 is 1.95 bits per heavy atom. The summed E-state index contributed by atoms with van der Waals surface area (Å²) in [7, 11) is -3.89. The van der Waals surface area contributed by atoms with Gasteiger partial charge in [0.25, 0.3) is 0 Å². The maximum absolute atomic E-state index is 12.2. The van der Waals surface area contributed by atoms with Crippen LogP contribution in [0.1, 0.15) is 11.7 Å². The Hall–Kier alpha value is -0.670. The van der Waals surface area contributed by atoms with Gasteiger partial charge in [0.05, 0.1) is 16.6 Å². The molecule has 0 amide bonds. The molecule has 6 nitrogen and oxygen atoms in total. The van der Waals surface area contributed by atoms with Crippen molar-refractivity contribution >= 4 is 49.2 Å². The minimum Gasteiger partial charge on any atom is -0.338 e. The van der Waals surface area contributed by atoms with Crippen LogP contribution in [-0.2, 0) is 16.6 Å². The van der Waals surface area contributed by atoms with Gasteiger partial charge in [-0.25, -0.2) is 13.1 Å². The van der Waals surface area contributed by atoms with Crippen molar-refractivity contribution in [2.45, 2.75) is 18.4 Å². The summed E-state index contributed by atoms with van der Waals surface area (Å²) in [6, 6.07) is 2.89. The first kappa shape index (κ1) is 15.7. The van der Waals surface area contributed by atoms with Crippen molar-refractivity contribution < 1.29 is 12.9 Å². The minimum absolute atomic E-state index is 0.0126. The molecule has 0 spiro atoms. The van der Waals surface area contributed by atoms with Crippen molar-refractivity contribution in [2.24, 2.45) is 0 Å². The van der Waals surface area contributed by atoms with E-state index in [4.69, 9.17) is 27.7 Å². The first-order valence-electron chi connectivity index (χ1n) is 5.23. The number of benzene rings is 1. The van der Waals surface area contributed by atoms with Gasteiger partial charge in [-0.15, -0.1) is 0 Å². The van der Waals surface area contributed by atoms with Gasteiger partial charge >= 0.3 is 0 Å². The maximum atomic E-state index is 12.2. The third-order valence-corrected chi connectivity index (χ3v) is 4.99. The largest absolute Gasteiger partial charge is 0.338 e. The van der Waals surface area contributed by atoms with Gasteiger partial charge in [-0.2, -0.15) is 4.98 Å². The molecule has 2 rings (SSSR count). The van der Waals surface area contributed by atoms with Gasteiger partial charge in [0.2, 0.25) is 15.9 Å².